The molecule has 1 rings (SSSR count). The Bertz CT molecular complexity index is 337. The number of benzene rings is 1. The van der Waals surface area contributed by atoms with Gasteiger partial charge in [0.15, 0.2) is 5.78 Å². The Balaban J connectivity index is 2.91. The number of carbonyl (C=O) groups excluding carboxylic acids is 1. The Morgan fingerprint density at radius 3 is 2.62 bits per heavy atom. The highest BCUT2D eigenvalue weighted by Crippen LogP contribution is 2.09. The van der Waals surface area contributed by atoms with Gasteiger partial charge < -0.3 is 0 Å². The molecule has 0 atom stereocenters. The summed E-state index contributed by atoms with van der Waals surface area (Å²) in [6, 6.07) is 7.69. The van der Waals surface area contributed by atoms with Gasteiger partial charge in [0.2, 0.25) is 0 Å². The van der Waals surface area contributed by atoms with Crippen LogP contribution in [-0.2, 0) is 6.42 Å². The van der Waals surface area contributed by atoms with Crippen LogP contribution in [0.4, 0.5) is 0 Å². The molecule has 68 valence electrons. The van der Waals surface area contributed by atoms with Crippen molar-refractivity contribution in [3.8, 4) is 0 Å². The van der Waals surface area contributed by atoms with E-state index in [0.29, 0.717) is 0 Å². The van der Waals surface area contributed by atoms with Crippen molar-refractivity contribution in [1.29, 1.82) is 0 Å². The van der Waals surface area contributed by atoms with Crippen LogP contribution in [0, 0.1) is 0 Å². The predicted molar refractivity (Wildman–Crippen MR) is 55.0 cm³/mol. The van der Waals surface area contributed by atoms with Gasteiger partial charge in [-0.05, 0) is 31.9 Å². The second kappa shape index (κ2) is 4.04. The standard InChI is InChI=1S/C12H14O/c1-9(2)7-11-5-4-6-12(8-11)10(3)13/h4-6,8H,1,7H2,2-3H3. The molecule has 0 unspecified atom stereocenters. The smallest absolute Gasteiger partial charge is 0.159 e. The molecule has 0 fully saturated rings. The molecule has 0 saturated heterocycles. The van der Waals surface area contributed by atoms with E-state index in [1.54, 1.807) is 6.92 Å². The van der Waals surface area contributed by atoms with Crippen molar-refractivity contribution in [2.24, 2.45) is 0 Å². The lowest BCUT2D eigenvalue weighted by Crippen LogP contribution is -1.94. The van der Waals surface area contributed by atoms with Crippen LogP contribution in [0.1, 0.15) is 29.8 Å². The third kappa shape index (κ3) is 2.86. The molecule has 0 aliphatic carbocycles. The monoisotopic (exact) mass is 174 g/mol. The topological polar surface area (TPSA) is 17.1 Å². The molecule has 0 aliphatic heterocycles. The van der Waals surface area contributed by atoms with Gasteiger partial charge in [0.25, 0.3) is 0 Å². The SMILES string of the molecule is C=C(C)Cc1cccc(C(C)=O)c1. The lowest BCUT2D eigenvalue weighted by molar-refractivity contribution is 0.101. The van der Waals surface area contributed by atoms with Gasteiger partial charge >= 0.3 is 0 Å². The fourth-order valence-electron chi connectivity index (χ4n) is 1.25. The van der Waals surface area contributed by atoms with Gasteiger partial charge in [-0.3, -0.25) is 4.79 Å². The van der Waals surface area contributed by atoms with Crippen LogP contribution in [0.5, 0.6) is 0 Å². The molecule has 0 bridgehead atoms. The van der Waals surface area contributed by atoms with Crippen LogP contribution >= 0.6 is 0 Å². The molecule has 0 amide bonds. The van der Waals surface area contributed by atoms with Gasteiger partial charge in [-0.25, -0.2) is 0 Å². The summed E-state index contributed by atoms with van der Waals surface area (Å²) in [5.41, 5.74) is 3.04. The highest BCUT2D eigenvalue weighted by Gasteiger charge is 1.99. The van der Waals surface area contributed by atoms with Crippen LogP contribution in [0.3, 0.4) is 0 Å². The average Bonchev–Trinajstić information content (AvgIpc) is 2.03. The largest absolute Gasteiger partial charge is 0.295 e. The summed E-state index contributed by atoms with van der Waals surface area (Å²) in [6.45, 7) is 7.41. The average molecular weight is 174 g/mol. The van der Waals surface area contributed by atoms with Crippen LogP contribution in [0.15, 0.2) is 36.4 Å². The first kappa shape index (κ1) is 9.72. The number of rotatable bonds is 3. The summed E-state index contributed by atoms with van der Waals surface area (Å²) in [5, 5.41) is 0. The van der Waals surface area contributed by atoms with Crippen molar-refractivity contribution in [2.75, 3.05) is 0 Å². The minimum Gasteiger partial charge on any atom is -0.295 e. The molecule has 0 aromatic heterocycles. The van der Waals surface area contributed by atoms with Gasteiger partial charge in [-0.2, -0.15) is 0 Å². The van der Waals surface area contributed by atoms with Crippen LogP contribution < -0.4 is 0 Å². The lowest BCUT2D eigenvalue weighted by atomic mass is 10.0. The number of carbonyl (C=O) groups is 1. The van der Waals surface area contributed by atoms with Crippen molar-refractivity contribution in [3.63, 3.8) is 0 Å². The first-order valence-electron chi connectivity index (χ1n) is 4.34. The number of Topliss-reactive ketones (excluding diaryl/α,β-unsaturated/α-hetero) is 1. The van der Waals surface area contributed by atoms with Crippen molar-refractivity contribution in [1.82, 2.24) is 0 Å². The molecule has 0 heterocycles. The Morgan fingerprint density at radius 1 is 1.38 bits per heavy atom. The first-order valence-corrected chi connectivity index (χ1v) is 4.34. The van der Waals surface area contributed by atoms with E-state index in [4.69, 9.17) is 0 Å². The third-order valence-corrected chi connectivity index (χ3v) is 1.84. The molecule has 0 N–H and O–H groups in total. The second-order valence-corrected chi connectivity index (χ2v) is 3.39. The summed E-state index contributed by atoms with van der Waals surface area (Å²) in [7, 11) is 0. The first-order chi connectivity index (χ1) is 6.09. The fraction of sp³-hybridized carbons (Fsp3) is 0.250. The molecule has 1 aromatic carbocycles. The Hall–Kier alpha value is -1.37. The third-order valence-electron chi connectivity index (χ3n) is 1.84. The minimum absolute atomic E-state index is 0.114. The molecule has 0 saturated carbocycles. The van der Waals surface area contributed by atoms with E-state index in [9.17, 15) is 4.79 Å². The van der Waals surface area contributed by atoms with E-state index in [1.165, 1.54) is 0 Å². The van der Waals surface area contributed by atoms with E-state index in [1.807, 2.05) is 31.2 Å². The zero-order chi connectivity index (χ0) is 9.84. The number of hydrogen-bond acceptors (Lipinski definition) is 1. The normalized spacial score (nSPS) is 9.69. The fourth-order valence-corrected chi connectivity index (χ4v) is 1.25. The molecule has 1 aromatic rings. The van der Waals surface area contributed by atoms with Crippen LogP contribution in [0.2, 0.25) is 0 Å². The molecule has 0 aliphatic rings. The molecule has 13 heavy (non-hydrogen) atoms. The van der Waals surface area contributed by atoms with Gasteiger partial charge in [-0.1, -0.05) is 30.4 Å². The molecular formula is C12H14O. The zero-order valence-electron chi connectivity index (χ0n) is 8.13. The Morgan fingerprint density at radius 2 is 2.08 bits per heavy atom. The Kier molecular flexibility index (Phi) is 3.02. The highest BCUT2D eigenvalue weighted by molar-refractivity contribution is 5.94. The van der Waals surface area contributed by atoms with E-state index >= 15 is 0 Å². The van der Waals surface area contributed by atoms with E-state index in [2.05, 4.69) is 6.58 Å². The summed E-state index contributed by atoms with van der Waals surface area (Å²) in [4.78, 5) is 11.1. The number of ketones is 1. The van der Waals surface area contributed by atoms with E-state index in [-0.39, 0.29) is 5.78 Å². The highest BCUT2D eigenvalue weighted by atomic mass is 16.1. The van der Waals surface area contributed by atoms with Crippen LogP contribution in [0.25, 0.3) is 0 Å². The van der Waals surface area contributed by atoms with E-state index < -0.39 is 0 Å². The van der Waals surface area contributed by atoms with Crippen molar-refractivity contribution in [2.45, 2.75) is 20.3 Å². The number of allylic oxidation sites excluding steroid dienone is 1. The van der Waals surface area contributed by atoms with E-state index in [0.717, 1.165) is 23.1 Å². The van der Waals surface area contributed by atoms with Crippen molar-refractivity contribution in [3.05, 3.63) is 47.5 Å². The van der Waals surface area contributed by atoms with Crippen molar-refractivity contribution >= 4 is 5.78 Å². The summed E-state index contributed by atoms with van der Waals surface area (Å²) >= 11 is 0. The molecule has 0 spiro atoms. The maximum Gasteiger partial charge on any atom is 0.159 e. The summed E-state index contributed by atoms with van der Waals surface area (Å²) in [6.07, 6.45) is 0.848. The molecule has 1 heteroatoms. The molecule has 0 radical (unpaired) electrons. The van der Waals surface area contributed by atoms with Gasteiger partial charge in [0.1, 0.15) is 0 Å². The quantitative estimate of drug-likeness (QED) is 0.508. The van der Waals surface area contributed by atoms with Crippen LogP contribution in [-0.4, -0.2) is 5.78 Å². The minimum atomic E-state index is 0.114. The number of hydrogen-bond donors (Lipinski definition) is 0. The predicted octanol–water partition coefficient (Wildman–Crippen LogP) is 3.01. The molecular weight excluding hydrogens is 160 g/mol. The molecule has 1 nitrogen and oxygen atoms in total. The summed E-state index contributed by atoms with van der Waals surface area (Å²) < 4.78 is 0. The second-order valence-electron chi connectivity index (χ2n) is 3.39. The Labute approximate surface area is 79.1 Å². The maximum atomic E-state index is 11.1. The van der Waals surface area contributed by atoms with Gasteiger partial charge in [-0.15, -0.1) is 0 Å². The maximum absolute atomic E-state index is 11.1. The lowest BCUT2D eigenvalue weighted by Gasteiger charge is -2.02. The summed E-state index contributed by atoms with van der Waals surface area (Å²) in [5.74, 6) is 0.114. The van der Waals surface area contributed by atoms with Crippen molar-refractivity contribution < 1.29 is 4.79 Å². The van der Waals surface area contributed by atoms with Gasteiger partial charge in [0, 0.05) is 5.56 Å². The van der Waals surface area contributed by atoms with Gasteiger partial charge in [0.05, 0.1) is 0 Å². The zero-order valence-corrected chi connectivity index (χ0v) is 8.13.